The van der Waals surface area contributed by atoms with Gasteiger partial charge in [0.15, 0.2) is 5.13 Å². The zero-order valence-electron chi connectivity index (χ0n) is 19.3. The lowest BCUT2D eigenvalue weighted by atomic mass is 10.0. The van der Waals surface area contributed by atoms with Gasteiger partial charge in [-0.25, -0.2) is 8.96 Å². The molecule has 2 aliphatic heterocycles. The van der Waals surface area contributed by atoms with Crippen LogP contribution >= 0.6 is 34.6 Å². The second kappa shape index (κ2) is 10.6. The van der Waals surface area contributed by atoms with Crippen LogP contribution in [0.2, 0.25) is 0 Å². The lowest BCUT2D eigenvalue weighted by molar-refractivity contribution is -0.695. The Bertz CT molecular complexity index is 1480. The van der Waals surface area contributed by atoms with Gasteiger partial charge >= 0.3 is 0 Å². The molecule has 1 fully saturated rings. The summed E-state index contributed by atoms with van der Waals surface area (Å²) >= 11 is 3.54. The van der Waals surface area contributed by atoms with E-state index in [-0.39, 0.29) is 35.6 Å². The summed E-state index contributed by atoms with van der Waals surface area (Å²) in [6.07, 6.45) is 4.06. The van der Waals surface area contributed by atoms with Gasteiger partial charge in [-0.05, 0) is 0 Å². The number of amides is 2. The third kappa shape index (κ3) is 4.59. The van der Waals surface area contributed by atoms with Crippen LogP contribution in [-0.4, -0.2) is 77.9 Å². The van der Waals surface area contributed by atoms with E-state index in [0.717, 1.165) is 27.1 Å². The molecule has 0 spiro atoms. The van der Waals surface area contributed by atoms with Crippen LogP contribution in [0.3, 0.4) is 0 Å². The number of carboxylic acids is 1. The fourth-order valence-electron chi connectivity index (χ4n) is 4.26. The number of aliphatic carboxylic acids is 1. The molecule has 5 rings (SSSR count). The van der Waals surface area contributed by atoms with Crippen molar-refractivity contribution >= 4 is 68.1 Å². The number of nitrogen functional groups attached to an aromatic ring is 1. The lowest BCUT2D eigenvalue weighted by Gasteiger charge is -2.50. The molecule has 5 heterocycles. The molecule has 0 radical (unpaired) electrons. The molecule has 14 nitrogen and oxygen atoms in total. The number of aliphatic hydroxyl groups excluding tert-OH is 1. The summed E-state index contributed by atoms with van der Waals surface area (Å²) in [5.74, 6) is -2.29. The number of nitrogens with zero attached hydrogens (tertiary/aromatic N) is 6. The van der Waals surface area contributed by atoms with Gasteiger partial charge in [-0.2, -0.15) is 13.8 Å². The predicted molar refractivity (Wildman–Crippen MR) is 131 cm³/mol. The van der Waals surface area contributed by atoms with Crippen molar-refractivity contribution in [3.8, 4) is 0 Å². The maximum atomic E-state index is 13.0. The van der Waals surface area contributed by atoms with Gasteiger partial charge in [0.25, 0.3) is 24.5 Å². The molecule has 3 aromatic rings. The zero-order valence-corrected chi connectivity index (χ0v) is 21.7. The summed E-state index contributed by atoms with van der Waals surface area (Å²) in [5, 5.41) is 28.7. The van der Waals surface area contributed by atoms with Crippen molar-refractivity contribution in [2.45, 2.75) is 24.4 Å². The summed E-state index contributed by atoms with van der Waals surface area (Å²) in [6.45, 7) is -1.24. The number of hydrogen-bond acceptors (Lipinski definition) is 13. The van der Waals surface area contributed by atoms with Crippen LogP contribution in [0.25, 0.3) is 4.83 Å². The minimum Gasteiger partial charge on any atom is -0.543 e. The molecule has 2 amide bonds. The Morgan fingerprint density at radius 1 is 1.45 bits per heavy atom. The van der Waals surface area contributed by atoms with E-state index in [2.05, 4.69) is 24.7 Å². The molecule has 0 aliphatic carbocycles. The number of aliphatic hydroxyl groups is 1. The molecule has 0 bridgehead atoms. The van der Waals surface area contributed by atoms with Crippen molar-refractivity contribution in [1.29, 1.82) is 0 Å². The number of nitrogens with one attached hydrogen (secondary N) is 1. The number of halogens is 1. The number of β-lactam (4-membered cyclic amide) rings is 1. The average Bonchev–Trinajstić information content (AvgIpc) is 3.60. The van der Waals surface area contributed by atoms with E-state index in [1.165, 1.54) is 23.1 Å². The number of aromatic nitrogens is 4. The number of hydrogen-bond donors (Lipinski definition) is 3. The summed E-state index contributed by atoms with van der Waals surface area (Å²) in [6, 6.07) is -1.09. The Morgan fingerprint density at radius 2 is 2.26 bits per heavy atom. The Balaban J connectivity index is 1.37. The summed E-state index contributed by atoms with van der Waals surface area (Å²) in [7, 11) is 0. The van der Waals surface area contributed by atoms with Crippen molar-refractivity contribution in [1.82, 2.24) is 24.0 Å². The molecule has 0 aromatic carbocycles. The first-order valence-corrected chi connectivity index (χ1v) is 13.7. The van der Waals surface area contributed by atoms with Crippen LogP contribution in [0.5, 0.6) is 0 Å². The molecular formula is C20H19FN8O6S3. The largest absolute Gasteiger partial charge is 0.543 e. The van der Waals surface area contributed by atoms with Crippen LogP contribution in [0.15, 0.2) is 34.2 Å². The second-order valence-corrected chi connectivity index (χ2v) is 10.8. The van der Waals surface area contributed by atoms with Crippen molar-refractivity contribution in [2.24, 2.45) is 5.16 Å². The smallest absolute Gasteiger partial charge is 0.278 e. The highest BCUT2D eigenvalue weighted by molar-refractivity contribution is 8.00. The highest BCUT2D eigenvalue weighted by atomic mass is 32.2. The highest BCUT2D eigenvalue weighted by Gasteiger charge is 2.53. The number of thioether (sulfide) groups is 1. The first kappa shape index (κ1) is 26.0. The molecular weight excluding hydrogens is 563 g/mol. The standard InChI is InChI=1S/C20H19FN8O6S3/c21-8-35-25-12(15-24-20(22)38-26-15)16(31)23-13-17(32)29-14(19(33)34)9(7-37-18(13)29)5-27-6-11-28(2-4-36-11)10(27)1-3-30/h2,4,6,13,18,30H,1,3,5,7-8H2,(H3-,22,23,24,26,31,33,34)/b25-12-/t13-,18-/m1/s1. The Hall–Kier alpha value is -3.61. The maximum Gasteiger partial charge on any atom is 0.278 e. The van der Waals surface area contributed by atoms with E-state index in [1.807, 2.05) is 26.7 Å². The number of carbonyl (C=O) groups is 3. The number of nitrogens with two attached hydrogens (primary N) is 1. The van der Waals surface area contributed by atoms with Crippen LogP contribution in [0, 0.1) is 0 Å². The van der Waals surface area contributed by atoms with Gasteiger partial charge in [0, 0.05) is 28.2 Å². The molecule has 4 N–H and O–H groups in total. The normalized spacial score (nSPS) is 19.5. The van der Waals surface area contributed by atoms with Crippen molar-refractivity contribution in [2.75, 3.05) is 25.0 Å². The van der Waals surface area contributed by atoms with Gasteiger partial charge in [-0.3, -0.25) is 14.5 Å². The molecule has 1 saturated heterocycles. The molecule has 18 heteroatoms. The predicted octanol–water partition coefficient (Wildman–Crippen LogP) is -1.99. The van der Waals surface area contributed by atoms with Gasteiger partial charge in [0.05, 0.1) is 24.7 Å². The fourth-order valence-corrected chi connectivity index (χ4v) is 6.82. The van der Waals surface area contributed by atoms with Crippen molar-refractivity contribution in [3.63, 3.8) is 0 Å². The van der Waals surface area contributed by atoms with Gasteiger partial charge in [-0.15, -0.1) is 11.8 Å². The quantitative estimate of drug-likeness (QED) is 0.104. The van der Waals surface area contributed by atoms with Crippen LogP contribution in [-0.2, 0) is 32.2 Å². The SMILES string of the molecule is Nc1nc(/C(=N/OCF)C(=O)N[C@@H]2C(=O)N3C(C(=O)[O-])=C(C[n+]4cc5sccn5c4CCO)CS[C@H]23)ns1. The summed E-state index contributed by atoms with van der Waals surface area (Å²) in [4.78, 5) is 48.2. The highest BCUT2D eigenvalue weighted by Crippen LogP contribution is 2.40. The van der Waals surface area contributed by atoms with Gasteiger partial charge in [-0.1, -0.05) is 16.5 Å². The molecule has 200 valence electrons. The molecule has 38 heavy (non-hydrogen) atoms. The third-order valence-corrected chi connectivity index (χ3v) is 8.49. The molecule has 2 atom stereocenters. The van der Waals surface area contributed by atoms with E-state index in [0.29, 0.717) is 12.0 Å². The molecule has 0 unspecified atom stereocenters. The van der Waals surface area contributed by atoms with Crippen LogP contribution in [0.4, 0.5) is 9.52 Å². The first-order valence-electron chi connectivity index (χ1n) is 11.0. The number of carbonyl (C=O) groups excluding carboxylic acids is 3. The number of carboxylic acid groups (broad SMARTS) is 1. The molecule has 3 aromatic heterocycles. The fraction of sp³-hybridized carbons (Fsp3) is 0.350. The Kier molecular flexibility index (Phi) is 7.28. The number of oxime groups is 1. The van der Waals surface area contributed by atoms with Gasteiger partial charge < -0.3 is 30.9 Å². The maximum absolute atomic E-state index is 13.0. The minimum atomic E-state index is -1.52. The van der Waals surface area contributed by atoms with Crippen LogP contribution in [0.1, 0.15) is 11.6 Å². The second-order valence-electron chi connectivity index (χ2n) is 7.99. The van der Waals surface area contributed by atoms with E-state index >= 15 is 0 Å². The number of fused-ring (bicyclic) bond motifs is 2. The van der Waals surface area contributed by atoms with E-state index < -0.39 is 41.8 Å². The minimum absolute atomic E-state index is 0.0360. The average molecular weight is 583 g/mol. The Morgan fingerprint density at radius 3 is 2.95 bits per heavy atom. The van der Waals surface area contributed by atoms with Gasteiger partial charge in [0.2, 0.25) is 16.4 Å². The van der Waals surface area contributed by atoms with Gasteiger partial charge in [0.1, 0.15) is 30.4 Å². The van der Waals surface area contributed by atoms with Crippen LogP contribution < -0.4 is 20.7 Å². The van der Waals surface area contributed by atoms with E-state index in [9.17, 15) is 29.0 Å². The Labute approximate surface area is 225 Å². The monoisotopic (exact) mass is 582 g/mol. The van der Waals surface area contributed by atoms with Crippen molar-refractivity contribution < 1.29 is 38.4 Å². The lowest BCUT2D eigenvalue weighted by Crippen LogP contribution is -2.71. The summed E-state index contributed by atoms with van der Waals surface area (Å²) in [5.41, 5.74) is 5.25. The molecule has 0 saturated carbocycles. The molecule has 2 aliphatic rings. The number of alkyl halides is 1. The summed E-state index contributed by atoms with van der Waals surface area (Å²) < 4.78 is 20.1. The topological polar surface area (TPSA) is 191 Å². The zero-order chi connectivity index (χ0) is 27.0. The number of anilines is 1. The van der Waals surface area contributed by atoms with E-state index in [4.69, 9.17) is 5.73 Å². The number of rotatable bonds is 10. The third-order valence-electron chi connectivity index (χ3n) is 5.81. The van der Waals surface area contributed by atoms with E-state index in [1.54, 1.807) is 0 Å². The van der Waals surface area contributed by atoms with Crippen molar-refractivity contribution in [3.05, 3.63) is 40.7 Å². The number of thiazole rings is 1. The first-order chi connectivity index (χ1) is 18.3. The number of imidazole rings is 1.